The first-order valence-corrected chi connectivity index (χ1v) is 4.58. The highest BCUT2D eigenvalue weighted by Crippen LogP contribution is 2.12. The second-order valence-corrected chi connectivity index (χ2v) is 2.84. The zero-order valence-corrected chi connectivity index (χ0v) is 8.28. The predicted octanol–water partition coefficient (Wildman–Crippen LogP) is 0.878. The quantitative estimate of drug-likeness (QED) is 0.737. The SMILES string of the molecule is CCOC(=O)NN1C(=O)OC[C@H]1CC. The maximum absolute atomic E-state index is 11.1. The van der Waals surface area contributed by atoms with Gasteiger partial charge >= 0.3 is 12.2 Å². The van der Waals surface area contributed by atoms with Crippen LogP contribution in [0.4, 0.5) is 9.59 Å². The number of carbonyl (C=O) groups excluding carboxylic acids is 2. The van der Waals surface area contributed by atoms with E-state index in [-0.39, 0.29) is 12.6 Å². The Morgan fingerprint density at radius 3 is 3.00 bits per heavy atom. The second-order valence-electron chi connectivity index (χ2n) is 2.84. The van der Waals surface area contributed by atoms with Gasteiger partial charge in [-0.15, -0.1) is 0 Å². The van der Waals surface area contributed by atoms with Crippen molar-refractivity contribution in [2.24, 2.45) is 0 Å². The molecule has 2 amide bonds. The van der Waals surface area contributed by atoms with Crippen LogP contribution in [0.3, 0.4) is 0 Å². The maximum atomic E-state index is 11.1. The molecule has 14 heavy (non-hydrogen) atoms. The average molecular weight is 202 g/mol. The van der Waals surface area contributed by atoms with E-state index in [4.69, 9.17) is 4.74 Å². The molecule has 0 bridgehead atoms. The van der Waals surface area contributed by atoms with Gasteiger partial charge in [-0.3, -0.25) is 0 Å². The molecule has 1 aliphatic heterocycles. The number of hydrazine groups is 1. The number of rotatable bonds is 3. The summed E-state index contributed by atoms with van der Waals surface area (Å²) in [6.45, 7) is 4.18. The van der Waals surface area contributed by atoms with Crippen LogP contribution in [0.25, 0.3) is 0 Å². The standard InChI is InChI=1S/C8H14N2O4/c1-3-6-5-14-8(12)10(6)9-7(11)13-4-2/h6H,3-5H2,1-2H3,(H,9,11)/t6-/m1/s1. The van der Waals surface area contributed by atoms with Crippen molar-refractivity contribution in [3.8, 4) is 0 Å². The van der Waals surface area contributed by atoms with Gasteiger partial charge in [-0.25, -0.2) is 20.0 Å². The highest BCUT2D eigenvalue weighted by Gasteiger charge is 2.33. The van der Waals surface area contributed by atoms with Crippen molar-refractivity contribution in [1.29, 1.82) is 0 Å². The topological polar surface area (TPSA) is 67.9 Å². The van der Waals surface area contributed by atoms with E-state index in [1.165, 1.54) is 0 Å². The van der Waals surface area contributed by atoms with Crippen LogP contribution in [0, 0.1) is 0 Å². The zero-order chi connectivity index (χ0) is 10.6. The molecule has 1 N–H and O–H groups in total. The lowest BCUT2D eigenvalue weighted by molar-refractivity contribution is 0.106. The molecule has 0 saturated carbocycles. The fourth-order valence-corrected chi connectivity index (χ4v) is 1.16. The van der Waals surface area contributed by atoms with E-state index in [9.17, 15) is 9.59 Å². The molecule has 0 radical (unpaired) electrons. The molecule has 1 aliphatic rings. The summed E-state index contributed by atoms with van der Waals surface area (Å²) >= 11 is 0. The molecule has 0 unspecified atom stereocenters. The van der Waals surface area contributed by atoms with E-state index in [1.807, 2.05) is 6.92 Å². The van der Waals surface area contributed by atoms with Gasteiger partial charge in [0, 0.05) is 0 Å². The van der Waals surface area contributed by atoms with Gasteiger partial charge in [0.15, 0.2) is 0 Å². The lowest BCUT2D eigenvalue weighted by atomic mass is 10.2. The normalized spacial score (nSPS) is 20.6. The Labute approximate surface area is 82.1 Å². The van der Waals surface area contributed by atoms with Crippen molar-refractivity contribution in [1.82, 2.24) is 10.4 Å². The molecule has 0 aromatic heterocycles. The van der Waals surface area contributed by atoms with E-state index in [2.05, 4.69) is 10.2 Å². The summed E-state index contributed by atoms with van der Waals surface area (Å²) in [5.41, 5.74) is 2.33. The van der Waals surface area contributed by atoms with Gasteiger partial charge < -0.3 is 9.47 Å². The Balaban J connectivity index is 2.48. The number of hydrogen-bond acceptors (Lipinski definition) is 4. The molecule has 1 atom stereocenters. The van der Waals surface area contributed by atoms with E-state index in [0.717, 1.165) is 11.4 Å². The summed E-state index contributed by atoms with van der Waals surface area (Å²) in [7, 11) is 0. The highest BCUT2D eigenvalue weighted by molar-refractivity contribution is 5.75. The summed E-state index contributed by atoms with van der Waals surface area (Å²) in [5.74, 6) is 0. The Morgan fingerprint density at radius 2 is 2.43 bits per heavy atom. The second kappa shape index (κ2) is 4.69. The number of hydrogen-bond donors (Lipinski definition) is 1. The Bertz CT molecular complexity index is 231. The fourth-order valence-electron chi connectivity index (χ4n) is 1.16. The minimum Gasteiger partial charge on any atom is -0.449 e. The summed E-state index contributed by atoms with van der Waals surface area (Å²) in [4.78, 5) is 22.1. The molecule has 1 rings (SSSR count). The van der Waals surface area contributed by atoms with E-state index >= 15 is 0 Å². The van der Waals surface area contributed by atoms with Gasteiger partial charge in [-0.1, -0.05) is 6.92 Å². The first-order valence-electron chi connectivity index (χ1n) is 4.58. The van der Waals surface area contributed by atoms with Crippen molar-refractivity contribution in [2.45, 2.75) is 26.3 Å². The summed E-state index contributed by atoms with van der Waals surface area (Å²) in [6.07, 6.45) is -0.451. The number of nitrogens with zero attached hydrogens (tertiary/aromatic N) is 1. The van der Waals surface area contributed by atoms with Crippen LogP contribution in [0.2, 0.25) is 0 Å². The number of ether oxygens (including phenoxy) is 2. The fraction of sp³-hybridized carbons (Fsp3) is 0.750. The number of carbonyl (C=O) groups is 2. The maximum Gasteiger partial charge on any atom is 0.429 e. The van der Waals surface area contributed by atoms with Crippen LogP contribution in [0.5, 0.6) is 0 Å². The van der Waals surface area contributed by atoms with Crippen molar-refractivity contribution in [3.63, 3.8) is 0 Å². The Morgan fingerprint density at radius 1 is 1.71 bits per heavy atom. The summed E-state index contributed by atoms with van der Waals surface area (Å²) in [5, 5.41) is 1.16. The van der Waals surface area contributed by atoms with E-state index in [1.54, 1.807) is 6.92 Å². The van der Waals surface area contributed by atoms with E-state index < -0.39 is 12.2 Å². The van der Waals surface area contributed by atoms with Crippen molar-refractivity contribution >= 4 is 12.2 Å². The number of cyclic esters (lactones) is 1. The van der Waals surface area contributed by atoms with Crippen LogP contribution < -0.4 is 5.43 Å². The molecule has 0 spiro atoms. The first-order chi connectivity index (χ1) is 6.69. The third kappa shape index (κ3) is 2.27. The minimum absolute atomic E-state index is 0.105. The van der Waals surface area contributed by atoms with Gasteiger partial charge in [0.1, 0.15) is 6.61 Å². The molecule has 1 saturated heterocycles. The van der Waals surface area contributed by atoms with Crippen molar-refractivity contribution in [2.75, 3.05) is 13.2 Å². The lowest BCUT2D eigenvalue weighted by Gasteiger charge is -2.19. The van der Waals surface area contributed by atoms with Gasteiger partial charge in [0.05, 0.1) is 12.6 Å². The van der Waals surface area contributed by atoms with Gasteiger partial charge in [0.25, 0.3) is 0 Å². The van der Waals surface area contributed by atoms with Gasteiger partial charge in [-0.2, -0.15) is 0 Å². The van der Waals surface area contributed by atoms with Crippen LogP contribution in [0.15, 0.2) is 0 Å². The zero-order valence-electron chi connectivity index (χ0n) is 8.28. The predicted molar refractivity (Wildman–Crippen MR) is 47.4 cm³/mol. The van der Waals surface area contributed by atoms with Crippen molar-refractivity contribution in [3.05, 3.63) is 0 Å². The average Bonchev–Trinajstić information content (AvgIpc) is 2.48. The van der Waals surface area contributed by atoms with Gasteiger partial charge in [0.2, 0.25) is 0 Å². The molecule has 0 aromatic carbocycles. The molecular weight excluding hydrogens is 188 g/mol. The number of amides is 2. The Hall–Kier alpha value is -1.46. The molecule has 80 valence electrons. The minimum atomic E-state index is -0.634. The van der Waals surface area contributed by atoms with Crippen LogP contribution in [-0.4, -0.2) is 36.5 Å². The molecule has 6 nitrogen and oxygen atoms in total. The molecule has 0 aliphatic carbocycles. The summed E-state index contributed by atoms with van der Waals surface area (Å²) < 4.78 is 9.41. The number of nitrogens with one attached hydrogen (secondary N) is 1. The van der Waals surface area contributed by atoms with Crippen LogP contribution in [0.1, 0.15) is 20.3 Å². The highest BCUT2D eigenvalue weighted by atomic mass is 16.6. The Kier molecular flexibility index (Phi) is 3.55. The monoisotopic (exact) mass is 202 g/mol. The van der Waals surface area contributed by atoms with Gasteiger partial charge in [-0.05, 0) is 13.3 Å². The van der Waals surface area contributed by atoms with E-state index in [0.29, 0.717) is 6.61 Å². The van der Waals surface area contributed by atoms with Crippen LogP contribution in [-0.2, 0) is 9.47 Å². The third-order valence-corrected chi connectivity index (χ3v) is 1.92. The summed E-state index contributed by atoms with van der Waals surface area (Å²) in [6, 6.07) is -0.105. The molecule has 0 aromatic rings. The smallest absolute Gasteiger partial charge is 0.429 e. The molecule has 6 heteroatoms. The van der Waals surface area contributed by atoms with Crippen molar-refractivity contribution < 1.29 is 19.1 Å². The lowest BCUT2D eigenvalue weighted by Crippen LogP contribution is -2.47. The molecule has 1 fully saturated rings. The third-order valence-electron chi connectivity index (χ3n) is 1.92. The van der Waals surface area contributed by atoms with Crippen LogP contribution >= 0.6 is 0 Å². The molecule has 1 heterocycles. The largest absolute Gasteiger partial charge is 0.449 e. The molecular formula is C8H14N2O4. The first kappa shape index (κ1) is 10.6.